The molecule has 1 aromatic heterocycles. The fraction of sp³-hybridized carbons (Fsp3) is 0.292. The van der Waals surface area contributed by atoms with Gasteiger partial charge in [0.05, 0.1) is 18.2 Å². The number of aryl methyl sites for hydroxylation is 1. The van der Waals surface area contributed by atoms with Gasteiger partial charge in [0.15, 0.2) is 0 Å². The van der Waals surface area contributed by atoms with Gasteiger partial charge in [-0.25, -0.2) is 9.59 Å². The molecule has 9 nitrogen and oxygen atoms in total. The van der Waals surface area contributed by atoms with Crippen molar-refractivity contribution in [3.8, 4) is 0 Å². The van der Waals surface area contributed by atoms with Crippen molar-refractivity contribution in [3.05, 3.63) is 69.7 Å². The Morgan fingerprint density at radius 1 is 1.03 bits per heavy atom. The second-order valence-electron chi connectivity index (χ2n) is 7.84. The summed E-state index contributed by atoms with van der Waals surface area (Å²) >= 11 is 1.19. The number of rotatable bonds is 6. The van der Waals surface area contributed by atoms with Gasteiger partial charge in [-0.05, 0) is 63.1 Å². The summed E-state index contributed by atoms with van der Waals surface area (Å²) in [6.07, 6.45) is 1.56. The molecule has 10 heteroatoms. The Bertz CT molecular complexity index is 1180. The summed E-state index contributed by atoms with van der Waals surface area (Å²) in [4.78, 5) is 39.0. The molecule has 3 aromatic rings. The lowest BCUT2D eigenvalue weighted by molar-refractivity contribution is 0.0526. The minimum Gasteiger partial charge on any atom is -0.462 e. The summed E-state index contributed by atoms with van der Waals surface area (Å²) in [5.74, 6) is -0.734. The Morgan fingerprint density at radius 3 is 2.41 bits per heavy atom. The van der Waals surface area contributed by atoms with Crippen LogP contribution in [0.5, 0.6) is 0 Å². The smallest absolute Gasteiger partial charge is 0.338 e. The van der Waals surface area contributed by atoms with Gasteiger partial charge >= 0.3 is 12.0 Å². The van der Waals surface area contributed by atoms with E-state index in [1.807, 2.05) is 31.2 Å². The summed E-state index contributed by atoms with van der Waals surface area (Å²) in [5.41, 5.74) is 2.78. The number of ether oxygens (including phenoxy) is 1. The second-order valence-corrected chi connectivity index (χ2v) is 8.85. The van der Waals surface area contributed by atoms with Crippen LogP contribution in [0.4, 0.5) is 16.2 Å². The summed E-state index contributed by atoms with van der Waals surface area (Å²) in [7, 11) is 0. The molecule has 34 heavy (non-hydrogen) atoms. The van der Waals surface area contributed by atoms with Crippen LogP contribution in [-0.2, 0) is 4.74 Å². The fourth-order valence-electron chi connectivity index (χ4n) is 3.65. The van der Waals surface area contributed by atoms with Crippen molar-refractivity contribution >= 4 is 40.6 Å². The molecule has 4 rings (SSSR count). The molecule has 1 fully saturated rings. The Hall–Kier alpha value is -3.79. The predicted octanol–water partition coefficient (Wildman–Crippen LogP) is 4.64. The van der Waals surface area contributed by atoms with Crippen LogP contribution in [0.3, 0.4) is 0 Å². The van der Waals surface area contributed by atoms with Crippen LogP contribution in [-0.4, -0.2) is 46.2 Å². The maximum Gasteiger partial charge on any atom is 0.338 e. The number of anilines is 2. The Kier molecular flexibility index (Phi) is 7.17. The zero-order valence-electron chi connectivity index (χ0n) is 18.9. The average Bonchev–Trinajstić information content (AvgIpc) is 3.51. The first-order valence-electron chi connectivity index (χ1n) is 11.0. The first kappa shape index (κ1) is 23.4. The minimum atomic E-state index is -0.404. The number of hydrogen-bond donors (Lipinski definition) is 2. The van der Waals surface area contributed by atoms with E-state index in [9.17, 15) is 14.4 Å². The van der Waals surface area contributed by atoms with Gasteiger partial charge in [0, 0.05) is 17.9 Å². The van der Waals surface area contributed by atoms with Crippen LogP contribution >= 0.6 is 11.3 Å². The molecular formula is C24H25N5O4S. The fourth-order valence-corrected chi connectivity index (χ4v) is 4.53. The normalized spacial score (nSPS) is 15.1. The standard InChI is InChI=1S/C24H25N5O4S/c1-3-33-23(31)16-8-12-18(13-9-16)26-24(32)29-14-4-5-19(29)21-27-28-22(34-21)20(30)25-17-10-6-15(2)7-11-17/h6-13,19H,3-5,14H2,1-2H3,(H,25,30)(H,26,32)/t19-/m0/s1. The number of amides is 3. The largest absolute Gasteiger partial charge is 0.462 e. The Labute approximate surface area is 201 Å². The predicted molar refractivity (Wildman–Crippen MR) is 129 cm³/mol. The van der Waals surface area contributed by atoms with E-state index in [-0.39, 0.29) is 23.0 Å². The maximum absolute atomic E-state index is 12.9. The molecule has 2 heterocycles. The zero-order chi connectivity index (χ0) is 24.1. The van der Waals surface area contributed by atoms with Crippen LogP contribution < -0.4 is 10.6 Å². The molecule has 1 atom stereocenters. The van der Waals surface area contributed by atoms with Crippen molar-refractivity contribution in [2.45, 2.75) is 32.7 Å². The summed E-state index contributed by atoms with van der Waals surface area (Å²) < 4.78 is 4.98. The van der Waals surface area contributed by atoms with Gasteiger partial charge < -0.3 is 20.3 Å². The third-order valence-corrected chi connectivity index (χ3v) is 6.41. The van der Waals surface area contributed by atoms with Gasteiger partial charge in [-0.1, -0.05) is 29.0 Å². The van der Waals surface area contributed by atoms with Crippen molar-refractivity contribution < 1.29 is 19.1 Å². The van der Waals surface area contributed by atoms with Crippen molar-refractivity contribution in [2.24, 2.45) is 0 Å². The molecule has 1 saturated heterocycles. The van der Waals surface area contributed by atoms with E-state index >= 15 is 0 Å². The van der Waals surface area contributed by atoms with Crippen LogP contribution in [0.15, 0.2) is 48.5 Å². The molecule has 0 saturated carbocycles. The number of urea groups is 1. The quantitative estimate of drug-likeness (QED) is 0.498. The van der Waals surface area contributed by atoms with Crippen LogP contribution in [0.25, 0.3) is 0 Å². The summed E-state index contributed by atoms with van der Waals surface area (Å²) in [6, 6.07) is 13.5. The molecule has 0 radical (unpaired) electrons. The number of carbonyl (C=O) groups is 3. The molecule has 1 aliphatic heterocycles. The molecule has 0 bridgehead atoms. The molecular weight excluding hydrogens is 454 g/mol. The third-order valence-electron chi connectivity index (χ3n) is 5.39. The van der Waals surface area contributed by atoms with Gasteiger partial charge in [0.2, 0.25) is 5.01 Å². The molecule has 0 unspecified atom stereocenters. The average molecular weight is 480 g/mol. The number of hydrogen-bond acceptors (Lipinski definition) is 7. The molecule has 0 aliphatic carbocycles. The number of aromatic nitrogens is 2. The number of carbonyl (C=O) groups excluding carboxylic acids is 3. The van der Waals surface area contributed by atoms with Gasteiger partial charge in [-0.2, -0.15) is 0 Å². The molecule has 3 amide bonds. The highest BCUT2D eigenvalue weighted by atomic mass is 32.1. The zero-order valence-corrected chi connectivity index (χ0v) is 19.7. The lowest BCUT2D eigenvalue weighted by Crippen LogP contribution is -2.34. The monoisotopic (exact) mass is 479 g/mol. The van der Waals surface area contributed by atoms with Crippen molar-refractivity contribution in [1.29, 1.82) is 0 Å². The number of likely N-dealkylation sites (tertiary alicyclic amines) is 1. The van der Waals surface area contributed by atoms with E-state index < -0.39 is 5.97 Å². The van der Waals surface area contributed by atoms with Crippen LogP contribution in [0.2, 0.25) is 0 Å². The SMILES string of the molecule is CCOC(=O)c1ccc(NC(=O)N2CCC[C@H]2c2nnc(C(=O)Nc3ccc(C)cc3)s2)cc1. The summed E-state index contributed by atoms with van der Waals surface area (Å²) in [5, 5.41) is 14.8. The lowest BCUT2D eigenvalue weighted by atomic mass is 10.2. The first-order valence-corrected chi connectivity index (χ1v) is 11.8. The highest BCUT2D eigenvalue weighted by Crippen LogP contribution is 2.34. The summed E-state index contributed by atoms with van der Waals surface area (Å²) in [6.45, 7) is 4.59. The van der Waals surface area contributed by atoms with E-state index in [0.29, 0.717) is 35.1 Å². The van der Waals surface area contributed by atoms with E-state index in [1.54, 1.807) is 36.1 Å². The second kappa shape index (κ2) is 10.4. The molecule has 176 valence electrons. The van der Waals surface area contributed by atoms with Crippen molar-refractivity contribution in [2.75, 3.05) is 23.8 Å². The van der Waals surface area contributed by atoms with Crippen molar-refractivity contribution in [1.82, 2.24) is 15.1 Å². The highest BCUT2D eigenvalue weighted by molar-refractivity contribution is 7.13. The molecule has 2 N–H and O–H groups in total. The Balaban J connectivity index is 1.39. The maximum atomic E-state index is 12.9. The van der Waals surface area contributed by atoms with Gasteiger partial charge in [0.1, 0.15) is 5.01 Å². The van der Waals surface area contributed by atoms with Gasteiger partial charge in [-0.15, -0.1) is 10.2 Å². The first-order chi connectivity index (χ1) is 16.4. The van der Waals surface area contributed by atoms with Crippen molar-refractivity contribution in [3.63, 3.8) is 0 Å². The topological polar surface area (TPSA) is 114 Å². The van der Waals surface area contributed by atoms with E-state index in [4.69, 9.17) is 4.74 Å². The molecule has 2 aromatic carbocycles. The van der Waals surface area contributed by atoms with E-state index in [2.05, 4.69) is 20.8 Å². The van der Waals surface area contributed by atoms with Crippen LogP contribution in [0.1, 0.15) is 56.5 Å². The molecule has 0 spiro atoms. The van der Waals surface area contributed by atoms with Gasteiger partial charge in [0.25, 0.3) is 5.91 Å². The molecule has 1 aliphatic rings. The van der Waals surface area contributed by atoms with Gasteiger partial charge in [-0.3, -0.25) is 4.79 Å². The van der Waals surface area contributed by atoms with E-state index in [1.165, 1.54) is 11.3 Å². The number of benzene rings is 2. The number of nitrogens with zero attached hydrogens (tertiary/aromatic N) is 3. The minimum absolute atomic E-state index is 0.248. The lowest BCUT2D eigenvalue weighted by Gasteiger charge is -2.23. The highest BCUT2D eigenvalue weighted by Gasteiger charge is 2.33. The third kappa shape index (κ3) is 5.40. The number of nitrogens with one attached hydrogen (secondary N) is 2. The van der Waals surface area contributed by atoms with Crippen LogP contribution in [0, 0.1) is 6.92 Å². The van der Waals surface area contributed by atoms with E-state index in [0.717, 1.165) is 18.4 Å². The Morgan fingerprint density at radius 2 is 1.71 bits per heavy atom. The number of esters is 1.